The van der Waals surface area contributed by atoms with Gasteiger partial charge in [0.1, 0.15) is 0 Å². The number of halogens is 1. The number of hydrogen-bond donors (Lipinski definition) is 0. The van der Waals surface area contributed by atoms with Crippen LogP contribution in [0.2, 0.25) is 5.02 Å². The SMILES string of the molecule is N#CC(CCc1ccc(Cl)cc1)c1cccnc1. The molecule has 18 heavy (non-hydrogen) atoms. The van der Waals surface area contributed by atoms with Crippen molar-refractivity contribution in [3.8, 4) is 6.07 Å². The van der Waals surface area contributed by atoms with E-state index in [-0.39, 0.29) is 5.92 Å². The zero-order chi connectivity index (χ0) is 12.8. The quantitative estimate of drug-likeness (QED) is 0.830. The summed E-state index contributed by atoms with van der Waals surface area (Å²) >= 11 is 5.84. The lowest BCUT2D eigenvalue weighted by atomic mass is 9.95. The van der Waals surface area contributed by atoms with Crippen molar-refractivity contribution in [3.05, 3.63) is 64.9 Å². The van der Waals surface area contributed by atoms with Crippen LogP contribution >= 0.6 is 11.6 Å². The summed E-state index contributed by atoms with van der Waals surface area (Å²) < 4.78 is 0. The van der Waals surface area contributed by atoms with E-state index >= 15 is 0 Å². The third-order valence-corrected chi connectivity index (χ3v) is 3.13. The zero-order valence-electron chi connectivity index (χ0n) is 9.88. The molecule has 0 aliphatic rings. The summed E-state index contributed by atoms with van der Waals surface area (Å²) in [5.41, 5.74) is 2.18. The second-order valence-corrected chi connectivity index (χ2v) is 4.57. The molecule has 0 aliphatic heterocycles. The van der Waals surface area contributed by atoms with Crippen molar-refractivity contribution >= 4 is 11.6 Å². The smallest absolute Gasteiger partial charge is 0.0730 e. The molecular weight excluding hydrogens is 244 g/mol. The third kappa shape index (κ3) is 3.32. The molecule has 2 rings (SSSR count). The summed E-state index contributed by atoms with van der Waals surface area (Å²) in [6, 6.07) is 13.9. The molecule has 0 radical (unpaired) electrons. The predicted octanol–water partition coefficient (Wildman–Crippen LogP) is 3.97. The standard InChI is InChI=1S/C15H13ClN2/c16-15-7-4-12(5-8-15)3-6-13(10-17)14-2-1-9-18-11-14/h1-2,4-5,7-9,11,13H,3,6H2. The molecule has 0 fully saturated rings. The fourth-order valence-corrected chi connectivity index (χ4v) is 1.98. The largest absolute Gasteiger partial charge is 0.264 e. The van der Waals surface area contributed by atoms with Crippen molar-refractivity contribution in [3.63, 3.8) is 0 Å². The normalized spacial score (nSPS) is 11.8. The summed E-state index contributed by atoms with van der Waals surface area (Å²) in [6.45, 7) is 0. The summed E-state index contributed by atoms with van der Waals surface area (Å²) in [5, 5.41) is 9.94. The van der Waals surface area contributed by atoms with Crippen molar-refractivity contribution in [2.75, 3.05) is 0 Å². The van der Waals surface area contributed by atoms with Crippen LogP contribution in [0.4, 0.5) is 0 Å². The van der Waals surface area contributed by atoms with Crippen molar-refractivity contribution in [1.29, 1.82) is 5.26 Å². The Hall–Kier alpha value is -1.85. The Morgan fingerprint density at radius 1 is 1.22 bits per heavy atom. The first-order valence-corrected chi connectivity index (χ1v) is 6.21. The summed E-state index contributed by atoms with van der Waals surface area (Å²) in [5.74, 6) is -0.102. The Morgan fingerprint density at radius 2 is 2.00 bits per heavy atom. The molecule has 90 valence electrons. The lowest BCUT2D eigenvalue weighted by Gasteiger charge is -2.08. The molecule has 1 aromatic carbocycles. The minimum atomic E-state index is -0.102. The Balaban J connectivity index is 2.00. The maximum absolute atomic E-state index is 9.20. The highest BCUT2D eigenvalue weighted by Gasteiger charge is 2.10. The van der Waals surface area contributed by atoms with E-state index in [1.807, 2.05) is 36.4 Å². The molecule has 0 spiro atoms. The highest BCUT2D eigenvalue weighted by atomic mass is 35.5. The van der Waals surface area contributed by atoms with Crippen molar-refractivity contribution in [2.24, 2.45) is 0 Å². The number of aromatic nitrogens is 1. The molecule has 2 nitrogen and oxygen atoms in total. The highest BCUT2D eigenvalue weighted by molar-refractivity contribution is 6.30. The molecule has 3 heteroatoms. The number of nitriles is 1. The number of pyridine rings is 1. The second kappa shape index (κ2) is 6.18. The average Bonchev–Trinajstić information content (AvgIpc) is 2.43. The van der Waals surface area contributed by atoms with Gasteiger partial charge in [-0.15, -0.1) is 0 Å². The van der Waals surface area contributed by atoms with Gasteiger partial charge in [-0.25, -0.2) is 0 Å². The molecule has 0 aliphatic carbocycles. The Morgan fingerprint density at radius 3 is 2.61 bits per heavy atom. The van der Waals surface area contributed by atoms with Crippen LogP contribution in [-0.4, -0.2) is 4.98 Å². The number of nitrogens with zero attached hydrogens (tertiary/aromatic N) is 2. The third-order valence-electron chi connectivity index (χ3n) is 2.88. The van der Waals surface area contributed by atoms with Gasteiger partial charge < -0.3 is 0 Å². The molecule has 0 N–H and O–H groups in total. The van der Waals surface area contributed by atoms with Gasteiger partial charge in [-0.3, -0.25) is 4.98 Å². The molecule has 2 aromatic rings. The molecule has 0 amide bonds. The van der Waals surface area contributed by atoms with Gasteiger partial charge in [0.25, 0.3) is 0 Å². The van der Waals surface area contributed by atoms with Crippen LogP contribution in [0.25, 0.3) is 0 Å². The van der Waals surface area contributed by atoms with Gasteiger partial charge in [-0.2, -0.15) is 5.26 Å². The van der Waals surface area contributed by atoms with Crippen molar-refractivity contribution in [1.82, 2.24) is 4.98 Å². The minimum Gasteiger partial charge on any atom is -0.264 e. The van der Waals surface area contributed by atoms with E-state index in [0.29, 0.717) is 0 Å². The number of hydrogen-bond acceptors (Lipinski definition) is 2. The molecule has 0 saturated carbocycles. The average molecular weight is 257 g/mol. The van der Waals surface area contributed by atoms with Crippen LogP contribution < -0.4 is 0 Å². The minimum absolute atomic E-state index is 0.102. The number of rotatable bonds is 4. The first kappa shape index (κ1) is 12.6. The Labute approximate surface area is 112 Å². The van der Waals surface area contributed by atoms with Crippen LogP contribution in [0.1, 0.15) is 23.5 Å². The molecule has 1 aromatic heterocycles. The van der Waals surface area contributed by atoms with Crippen molar-refractivity contribution < 1.29 is 0 Å². The predicted molar refractivity (Wildman–Crippen MR) is 72.4 cm³/mol. The number of benzene rings is 1. The van der Waals surface area contributed by atoms with Gasteiger partial charge in [-0.05, 0) is 42.2 Å². The van der Waals surface area contributed by atoms with Gasteiger partial charge in [-0.1, -0.05) is 29.8 Å². The van der Waals surface area contributed by atoms with Crippen LogP contribution in [0.3, 0.4) is 0 Å². The van der Waals surface area contributed by atoms with E-state index in [9.17, 15) is 5.26 Å². The Kier molecular flexibility index (Phi) is 4.33. The Bertz CT molecular complexity index is 529. The van der Waals surface area contributed by atoms with Crippen molar-refractivity contribution in [2.45, 2.75) is 18.8 Å². The zero-order valence-corrected chi connectivity index (χ0v) is 10.6. The summed E-state index contributed by atoms with van der Waals surface area (Å²) in [7, 11) is 0. The van der Waals surface area contributed by atoms with E-state index in [1.165, 1.54) is 5.56 Å². The monoisotopic (exact) mass is 256 g/mol. The van der Waals surface area contributed by atoms with E-state index in [2.05, 4.69) is 11.1 Å². The highest BCUT2D eigenvalue weighted by Crippen LogP contribution is 2.20. The van der Waals surface area contributed by atoms with E-state index in [0.717, 1.165) is 23.4 Å². The maximum atomic E-state index is 9.20. The van der Waals surface area contributed by atoms with E-state index < -0.39 is 0 Å². The first-order chi connectivity index (χ1) is 8.79. The van der Waals surface area contributed by atoms with E-state index in [4.69, 9.17) is 11.6 Å². The van der Waals surface area contributed by atoms with Gasteiger partial charge in [0.15, 0.2) is 0 Å². The molecule has 0 bridgehead atoms. The van der Waals surface area contributed by atoms with Gasteiger partial charge in [0, 0.05) is 17.4 Å². The van der Waals surface area contributed by atoms with E-state index in [1.54, 1.807) is 12.4 Å². The first-order valence-electron chi connectivity index (χ1n) is 5.83. The topological polar surface area (TPSA) is 36.7 Å². The molecular formula is C15H13ClN2. The molecule has 1 heterocycles. The van der Waals surface area contributed by atoms with Gasteiger partial charge >= 0.3 is 0 Å². The molecule has 0 saturated heterocycles. The van der Waals surface area contributed by atoms with Crippen LogP contribution in [0, 0.1) is 11.3 Å². The fourth-order valence-electron chi connectivity index (χ4n) is 1.85. The van der Waals surface area contributed by atoms with Crippen LogP contribution in [-0.2, 0) is 6.42 Å². The summed E-state index contributed by atoms with van der Waals surface area (Å²) in [4.78, 5) is 4.05. The van der Waals surface area contributed by atoms with Crippen LogP contribution in [0.15, 0.2) is 48.8 Å². The second-order valence-electron chi connectivity index (χ2n) is 4.13. The van der Waals surface area contributed by atoms with Gasteiger partial charge in [0.05, 0.1) is 12.0 Å². The van der Waals surface area contributed by atoms with Gasteiger partial charge in [0.2, 0.25) is 0 Å². The molecule has 1 unspecified atom stereocenters. The molecule has 1 atom stereocenters. The summed E-state index contributed by atoms with van der Waals surface area (Å²) in [6.07, 6.45) is 5.14. The lowest BCUT2D eigenvalue weighted by molar-refractivity contribution is 0.743. The van der Waals surface area contributed by atoms with Crippen LogP contribution in [0.5, 0.6) is 0 Å². The number of aryl methyl sites for hydroxylation is 1. The maximum Gasteiger partial charge on any atom is 0.0730 e. The fraction of sp³-hybridized carbons (Fsp3) is 0.200. The lowest BCUT2D eigenvalue weighted by Crippen LogP contribution is -1.98.